The number of hydrogen-bond acceptors (Lipinski definition) is 4. The summed E-state index contributed by atoms with van der Waals surface area (Å²) in [5.41, 5.74) is 2.94. The van der Waals surface area contributed by atoms with Gasteiger partial charge >= 0.3 is 0 Å². The van der Waals surface area contributed by atoms with Crippen LogP contribution < -0.4 is 4.74 Å². The van der Waals surface area contributed by atoms with Gasteiger partial charge in [-0.1, -0.05) is 73.1 Å². The Morgan fingerprint density at radius 2 is 1.77 bits per heavy atom. The fraction of sp³-hybridized carbons (Fsp3) is 0.241. The second-order valence-corrected chi connectivity index (χ2v) is 9.83. The van der Waals surface area contributed by atoms with Crippen molar-refractivity contribution >= 4 is 46.2 Å². The summed E-state index contributed by atoms with van der Waals surface area (Å²) in [5.74, 6) is 0.622. The van der Waals surface area contributed by atoms with E-state index in [4.69, 9.17) is 21.3 Å². The molecule has 1 amide bonds. The molecule has 1 atom stereocenters. The average Bonchev–Trinajstić information content (AvgIpc) is 3.15. The van der Waals surface area contributed by atoms with Gasteiger partial charge in [0.05, 0.1) is 21.7 Å². The SMILES string of the molecule is CC[C@@H](C)Oc1ccc(/C=C2\SC(=Nc3ccccc3)N(CCCc3ccccc3)C2=O)cc1Cl. The number of para-hydroxylation sites is 1. The second kappa shape index (κ2) is 12.1. The molecule has 1 aliphatic heterocycles. The summed E-state index contributed by atoms with van der Waals surface area (Å²) in [4.78, 5) is 20.6. The number of nitrogens with zero attached hydrogens (tertiary/aromatic N) is 2. The van der Waals surface area contributed by atoms with Gasteiger partial charge in [0.1, 0.15) is 5.75 Å². The molecule has 4 nitrogen and oxygen atoms in total. The van der Waals surface area contributed by atoms with E-state index in [0.717, 1.165) is 30.5 Å². The van der Waals surface area contributed by atoms with Crippen molar-refractivity contribution in [2.45, 2.75) is 39.2 Å². The van der Waals surface area contributed by atoms with Crippen molar-refractivity contribution in [2.75, 3.05) is 6.54 Å². The van der Waals surface area contributed by atoms with E-state index in [2.05, 4.69) is 19.1 Å². The van der Waals surface area contributed by atoms with E-state index in [1.54, 1.807) is 4.90 Å². The van der Waals surface area contributed by atoms with Crippen LogP contribution in [0, 0.1) is 0 Å². The molecule has 1 fully saturated rings. The van der Waals surface area contributed by atoms with E-state index in [1.165, 1.54) is 17.3 Å². The van der Waals surface area contributed by atoms with Gasteiger partial charge in [0.15, 0.2) is 5.17 Å². The number of carbonyl (C=O) groups excluding carboxylic acids is 1. The molecule has 0 aliphatic carbocycles. The maximum absolute atomic E-state index is 13.4. The van der Waals surface area contributed by atoms with E-state index >= 15 is 0 Å². The van der Waals surface area contributed by atoms with Crippen molar-refractivity contribution in [3.63, 3.8) is 0 Å². The van der Waals surface area contributed by atoms with Gasteiger partial charge in [-0.3, -0.25) is 9.69 Å². The Labute approximate surface area is 216 Å². The first-order valence-electron chi connectivity index (χ1n) is 11.9. The molecule has 1 heterocycles. The van der Waals surface area contributed by atoms with Crippen molar-refractivity contribution in [1.82, 2.24) is 4.90 Å². The van der Waals surface area contributed by atoms with Crippen LogP contribution in [0.4, 0.5) is 5.69 Å². The molecule has 4 rings (SSSR count). The molecule has 35 heavy (non-hydrogen) atoms. The van der Waals surface area contributed by atoms with Crippen molar-refractivity contribution in [3.05, 3.63) is 99.9 Å². The Hall–Kier alpha value is -3.02. The molecule has 180 valence electrons. The van der Waals surface area contributed by atoms with Crippen molar-refractivity contribution in [2.24, 2.45) is 4.99 Å². The molecule has 3 aromatic rings. The molecule has 0 N–H and O–H groups in total. The number of aryl methyl sites for hydroxylation is 1. The zero-order valence-corrected chi connectivity index (χ0v) is 21.6. The third kappa shape index (κ3) is 6.77. The van der Waals surface area contributed by atoms with Crippen molar-refractivity contribution in [3.8, 4) is 5.75 Å². The number of amides is 1. The van der Waals surface area contributed by atoms with Crippen LogP contribution in [0.1, 0.15) is 37.8 Å². The minimum absolute atomic E-state index is 0.0335. The van der Waals surface area contributed by atoms with E-state index in [1.807, 2.05) is 79.7 Å². The topological polar surface area (TPSA) is 41.9 Å². The van der Waals surface area contributed by atoms with Crippen LogP contribution in [0.3, 0.4) is 0 Å². The van der Waals surface area contributed by atoms with E-state index in [9.17, 15) is 4.79 Å². The number of ether oxygens (including phenoxy) is 1. The number of hydrogen-bond donors (Lipinski definition) is 0. The predicted molar refractivity (Wildman–Crippen MR) is 147 cm³/mol. The lowest BCUT2D eigenvalue weighted by Gasteiger charge is -2.15. The van der Waals surface area contributed by atoms with Crippen LogP contribution in [0.25, 0.3) is 6.08 Å². The van der Waals surface area contributed by atoms with Crippen LogP contribution in [-0.2, 0) is 11.2 Å². The highest BCUT2D eigenvalue weighted by atomic mass is 35.5. The Morgan fingerprint density at radius 1 is 1.06 bits per heavy atom. The maximum Gasteiger partial charge on any atom is 0.266 e. The van der Waals surface area contributed by atoms with Crippen LogP contribution in [0.15, 0.2) is 88.8 Å². The highest BCUT2D eigenvalue weighted by Gasteiger charge is 2.33. The highest BCUT2D eigenvalue weighted by molar-refractivity contribution is 8.18. The van der Waals surface area contributed by atoms with Gasteiger partial charge in [-0.15, -0.1) is 0 Å². The number of benzene rings is 3. The predicted octanol–water partition coefficient (Wildman–Crippen LogP) is 7.75. The first kappa shape index (κ1) is 25.1. The summed E-state index contributed by atoms with van der Waals surface area (Å²) in [6.07, 6.45) is 4.62. The average molecular weight is 505 g/mol. The number of rotatable bonds is 9. The standard InChI is InChI=1S/C29H29ClN2O2S/c1-3-21(2)34-26-17-16-23(19-25(26)30)20-27-28(33)32(18-10-13-22-11-6-4-7-12-22)29(35-27)31-24-14-8-5-9-15-24/h4-9,11-12,14-17,19-21H,3,10,13,18H2,1-2H3/b27-20-,31-29?/t21-/m1/s1. The quantitative estimate of drug-likeness (QED) is 0.280. The maximum atomic E-state index is 13.4. The van der Waals surface area contributed by atoms with Gasteiger partial charge in [0.2, 0.25) is 0 Å². The summed E-state index contributed by atoms with van der Waals surface area (Å²) in [6.45, 7) is 4.69. The van der Waals surface area contributed by atoms with E-state index in [0.29, 0.717) is 27.4 Å². The van der Waals surface area contributed by atoms with Crippen molar-refractivity contribution in [1.29, 1.82) is 0 Å². The fourth-order valence-corrected chi connectivity index (χ4v) is 4.90. The van der Waals surface area contributed by atoms with Gasteiger partial charge < -0.3 is 4.74 Å². The lowest BCUT2D eigenvalue weighted by molar-refractivity contribution is -0.122. The lowest BCUT2D eigenvalue weighted by atomic mass is 10.1. The summed E-state index contributed by atoms with van der Waals surface area (Å²) in [7, 11) is 0. The monoisotopic (exact) mass is 504 g/mol. The third-order valence-electron chi connectivity index (χ3n) is 5.72. The zero-order valence-electron chi connectivity index (χ0n) is 20.0. The van der Waals surface area contributed by atoms with E-state index in [-0.39, 0.29) is 12.0 Å². The molecule has 6 heteroatoms. The minimum Gasteiger partial charge on any atom is -0.489 e. The molecule has 0 aromatic heterocycles. The molecular weight excluding hydrogens is 476 g/mol. The third-order valence-corrected chi connectivity index (χ3v) is 7.02. The zero-order chi connectivity index (χ0) is 24.6. The molecule has 1 aliphatic rings. The normalized spacial score (nSPS) is 16.8. The molecular formula is C29H29ClN2O2S. The molecule has 3 aromatic carbocycles. The van der Waals surface area contributed by atoms with Crippen molar-refractivity contribution < 1.29 is 9.53 Å². The Kier molecular flexibility index (Phi) is 8.67. The minimum atomic E-state index is -0.0335. The molecule has 0 radical (unpaired) electrons. The summed E-state index contributed by atoms with van der Waals surface area (Å²) in [5, 5.41) is 1.23. The molecule has 0 unspecified atom stereocenters. The summed E-state index contributed by atoms with van der Waals surface area (Å²) >= 11 is 7.86. The van der Waals surface area contributed by atoms with Gasteiger partial charge in [0, 0.05) is 6.54 Å². The van der Waals surface area contributed by atoms with Gasteiger partial charge in [-0.2, -0.15) is 0 Å². The number of aliphatic imine (C=N–C) groups is 1. The van der Waals surface area contributed by atoms with Gasteiger partial charge in [-0.25, -0.2) is 4.99 Å². The second-order valence-electron chi connectivity index (χ2n) is 8.41. The highest BCUT2D eigenvalue weighted by Crippen LogP contribution is 2.35. The largest absolute Gasteiger partial charge is 0.489 e. The van der Waals surface area contributed by atoms with Gasteiger partial charge in [-0.05, 0) is 79.4 Å². The summed E-state index contributed by atoms with van der Waals surface area (Å²) < 4.78 is 5.87. The lowest BCUT2D eigenvalue weighted by Crippen LogP contribution is -2.30. The molecule has 0 spiro atoms. The Bertz CT molecular complexity index is 1210. The van der Waals surface area contributed by atoms with Crippen LogP contribution in [-0.4, -0.2) is 28.6 Å². The number of amidine groups is 1. The smallest absolute Gasteiger partial charge is 0.266 e. The van der Waals surface area contributed by atoms with Crippen LogP contribution in [0.2, 0.25) is 5.02 Å². The molecule has 0 bridgehead atoms. The Balaban J connectivity index is 1.55. The number of halogens is 1. The Morgan fingerprint density at radius 3 is 2.46 bits per heavy atom. The first-order chi connectivity index (χ1) is 17.0. The van der Waals surface area contributed by atoms with Gasteiger partial charge in [0.25, 0.3) is 5.91 Å². The van der Waals surface area contributed by atoms with Crippen LogP contribution in [0.5, 0.6) is 5.75 Å². The number of carbonyl (C=O) groups is 1. The fourth-order valence-electron chi connectivity index (χ4n) is 3.64. The first-order valence-corrected chi connectivity index (χ1v) is 13.1. The van der Waals surface area contributed by atoms with Crippen LogP contribution >= 0.6 is 23.4 Å². The molecule has 1 saturated heterocycles. The number of thioether (sulfide) groups is 1. The molecule has 0 saturated carbocycles. The summed E-state index contributed by atoms with van der Waals surface area (Å²) in [6, 6.07) is 25.7. The van der Waals surface area contributed by atoms with E-state index < -0.39 is 0 Å².